The Morgan fingerprint density at radius 3 is 2.59 bits per heavy atom. The molecule has 0 amide bonds. The van der Waals surface area contributed by atoms with Crippen molar-refractivity contribution < 1.29 is 14.7 Å². The molecule has 0 aromatic heterocycles. The molecular formula is C14H22O3. The Bertz CT molecular complexity index is 345. The average Bonchev–Trinajstić information content (AvgIpc) is 2.43. The zero-order chi connectivity index (χ0) is 13.1. The van der Waals surface area contributed by atoms with Crippen molar-refractivity contribution in [2.45, 2.75) is 52.9 Å². The van der Waals surface area contributed by atoms with Crippen molar-refractivity contribution in [3.8, 4) is 0 Å². The summed E-state index contributed by atoms with van der Waals surface area (Å²) >= 11 is 0. The third kappa shape index (κ3) is 2.59. The van der Waals surface area contributed by atoms with Crippen molar-refractivity contribution in [1.82, 2.24) is 0 Å². The number of aliphatic carboxylic acids is 1. The Morgan fingerprint density at radius 2 is 2.06 bits per heavy atom. The van der Waals surface area contributed by atoms with Crippen molar-refractivity contribution in [2.75, 3.05) is 0 Å². The summed E-state index contributed by atoms with van der Waals surface area (Å²) < 4.78 is 0. The molecule has 0 radical (unpaired) electrons. The summed E-state index contributed by atoms with van der Waals surface area (Å²) in [4.78, 5) is 23.0. The molecule has 1 aliphatic rings. The Kier molecular flexibility index (Phi) is 4.12. The van der Waals surface area contributed by atoms with Gasteiger partial charge in [0.2, 0.25) is 0 Å². The highest BCUT2D eigenvalue weighted by Gasteiger charge is 2.54. The molecular weight excluding hydrogens is 216 g/mol. The van der Waals surface area contributed by atoms with Crippen LogP contribution in [0, 0.1) is 10.8 Å². The number of allylic oxidation sites excluding steroid dienone is 2. The normalized spacial score (nSPS) is 33.5. The van der Waals surface area contributed by atoms with E-state index in [1.54, 1.807) is 0 Å². The second-order valence-corrected chi connectivity index (χ2v) is 5.47. The Hall–Kier alpha value is -1.12. The van der Waals surface area contributed by atoms with Crippen LogP contribution in [0.2, 0.25) is 0 Å². The minimum absolute atomic E-state index is 0.0786. The summed E-state index contributed by atoms with van der Waals surface area (Å²) in [5.41, 5.74) is -0.926. The molecule has 1 N–H and O–H groups in total. The fraction of sp³-hybridized carbons (Fsp3) is 0.714. The smallest absolute Gasteiger partial charge is 0.303 e. The second kappa shape index (κ2) is 5.03. The predicted octanol–water partition coefficient (Wildman–Crippen LogP) is 3.19. The zero-order valence-corrected chi connectivity index (χ0v) is 11.0. The van der Waals surface area contributed by atoms with Crippen molar-refractivity contribution in [3.05, 3.63) is 12.2 Å². The Balaban J connectivity index is 2.93. The van der Waals surface area contributed by atoms with Crippen molar-refractivity contribution in [3.63, 3.8) is 0 Å². The molecule has 1 fully saturated rings. The Labute approximate surface area is 103 Å². The molecule has 0 aromatic rings. The SMILES string of the molecule is CCC=CCC1(C)C(=O)CCC1(C)CC(=O)O. The van der Waals surface area contributed by atoms with E-state index in [4.69, 9.17) is 5.11 Å². The standard InChI is InChI=1S/C14H22O3/c1-4-5-6-8-14(3)11(15)7-9-13(14,2)10-12(16)17/h5-6H,4,7-10H2,1-3H3,(H,16,17). The summed E-state index contributed by atoms with van der Waals surface area (Å²) in [7, 11) is 0. The van der Waals surface area contributed by atoms with E-state index in [0.717, 1.165) is 6.42 Å². The number of carboxylic acid groups (broad SMARTS) is 1. The third-order valence-corrected chi connectivity index (χ3v) is 4.32. The van der Waals surface area contributed by atoms with E-state index < -0.39 is 16.8 Å². The predicted molar refractivity (Wildman–Crippen MR) is 66.8 cm³/mol. The van der Waals surface area contributed by atoms with Gasteiger partial charge in [0, 0.05) is 11.8 Å². The van der Waals surface area contributed by atoms with Gasteiger partial charge in [-0.25, -0.2) is 0 Å². The lowest BCUT2D eigenvalue weighted by molar-refractivity contribution is -0.142. The molecule has 3 nitrogen and oxygen atoms in total. The van der Waals surface area contributed by atoms with Crippen LogP contribution in [-0.2, 0) is 9.59 Å². The fourth-order valence-corrected chi connectivity index (χ4v) is 2.74. The molecule has 2 unspecified atom stereocenters. The maximum Gasteiger partial charge on any atom is 0.303 e. The van der Waals surface area contributed by atoms with E-state index in [-0.39, 0.29) is 12.2 Å². The van der Waals surface area contributed by atoms with Gasteiger partial charge in [-0.05, 0) is 24.7 Å². The molecule has 0 bridgehead atoms. The first-order valence-corrected chi connectivity index (χ1v) is 6.26. The molecule has 1 aliphatic carbocycles. The molecule has 0 saturated heterocycles. The molecule has 1 saturated carbocycles. The number of carboxylic acids is 1. The van der Waals surface area contributed by atoms with E-state index in [1.807, 2.05) is 32.9 Å². The molecule has 0 aromatic carbocycles. The van der Waals surface area contributed by atoms with Gasteiger partial charge in [-0.1, -0.05) is 32.9 Å². The number of Topliss-reactive ketones (excluding diaryl/α,β-unsaturated/α-hetero) is 1. The topological polar surface area (TPSA) is 54.4 Å². The first-order chi connectivity index (χ1) is 7.85. The number of carbonyl (C=O) groups excluding carboxylic acids is 1. The maximum absolute atomic E-state index is 12.1. The number of carbonyl (C=O) groups is 2. The van der Waals surface area contributed by atoms with E-state index >= 15 is 0 Å². The molecule has 2 atom stereocenters. The largest absolute Gasteiger partial charge is 0.481 e. The first kappa shape index (κ1) is 13.9. The van der Waals surface area contributed by atoms with Gasteiger partial charge in [0.05, 0.1) is 6.42 Å². The van der Waals surface area contributed by atoms with Gasteiger partial charge in [0.15, 0.2) is 0 Å². The summed E-state index contributed by atoms with van der Waals surface area (Å²) in [5, 5.41) is 9.00. The van der Waals surface area contributed by atoms with E-state index in [2.05, 4.69) is 0 Å². The lowest BCUT2D eigenvalue weighted by Crippen LogP contribution is -2.38. The lowest BCUT2D eigenvalue weighted by atomic mass is 9.64. The zero-order valence-electron chi connectivity index (χ0n) is 11.0. The number of hydrogen-bond acceptors (Lipinski definition) is 2. The van der Waals surface area contributed by atoms with Crippen molar-refractivity contribution in [2.24, 2.45) is 10.8 Å². The highest BCUT2D eigenvalue weighted by atomic mass is 16.4. The minimum Gasteiger partial charge on any atom is -0.481 e. The van der Waals surface area contributed by atoms with Crippen LogP contribution in [-0.4, -0.2) is 16.9 Å². The highest BCUT2D eigenvalue weighted by molar-refractivity contribution is 5.89. The van der Waals surface area contributed by atoms with Crippen molar-refractivity contribution in [1.29, 1.82) is 0 Å². The van der Waals surface area contributed by atoms with Gasteiger partial charge in [0.25, 0.3) is 0 Å². The summed E-state index contributed by atoms with van der Waals surface area (Å²) in [6.45, 7) is 5.91. The number of ketones is 1. The quantitative estimate of drug-likeness (QED) is 0.748. The van der Waals surface area contributed by atoms with E-state index in [0.29, 0.717) is 19.3 Å². The highest BCUT2D eigenvalue weighted by Crippen LogP contribution is 2.54. The van der Waals surface area contributed by atoms with Gasteiger partial charge in [-0.3, -0.25) is 9.59 Å². The first-order valence-electron chi connectivity index (χ1n) is 6.26. The fourth-order valence-electron chi connectivity index (χ4n) is 2.74. The van der Waals surface area contributed by atoms with E-state index in [1.165, 1.54) is 0 Å². The van der Waals surface area contributed by atoms with Gasteiger partial charge in [0.1, 0.15) is 5.78 Å². The third-order valence-electron chi connectivity index (χ3n) is 4.32. The van der Waals surface area contributed by atoms with E-state index in [9.17, 15) is 9.59 Å². The minimum atomic E-state index is -0.812. The summed E-state index contributed by atoms with van der Waals surface area (Å²) in [6, 6.07) is 0. The summed E-state index contributed by atoms with van der Waals surface area (Å²) in [5.74, 6) is -0.602. The van der Waals surface area contributed by atoms with Crippen LogP contribution in [0.15, 0.2) is 12.2 Å². The van der Waals surface area contributed by atoms with Gasteiger partial charge < -0.3 is 5.11 Å². The van der Waals surface area contributed by atoms with Gasteiger partial charge >= 0.3 is 5.97 Å². The van der Waals surface area contributed by atoms with Crippen LogP contribution in [0.25, 0.3) is 0 Å². The molecule has 0 aliphatic heterocycles. The number of hydrogen-bond donors (Lipinski definition) is 1. The summed E-state index contributed by atoms with van der Waals surface area (Å²) in [6.07, 6.45) is 6.94. The maximum atomic E-state index is 12.1. The molecule has 96 valence electrons. The molecule has 3 heteroatoms. The second-order valence-electron chi connectivity index (χ2n) is 5.47. The van der Waals surface area contributed by atoms with Gasteiger partial charge in [-0.2, -0.15) is 0 Å². The van der Waals surface area contributed by atoms with Crippen LogP contribution in [0.3, 0.4) is 0 Å². The molecule has 1 rings (SSSR count). The average molecular weight is 238 g/mol. The molecule has 0 heterocycles. The van der Waals surface area contributed by atoms with Crippen LogP contribution in [0.5, 0.6) is 0 Å². The monoisotopic (exact) mass is 238 g/mol. The Morgan fingerprint density at radius 1 is 1.41 bits per heavy atom. The molecule has 17 heavy (non-hydrogen) atoms. The molecule has 0 spiro atoms. The van der Waals surface area contributed by atoms with Crippen LogP contribution < -0.4 is 0 Å². The lowest BCUT2D eigenvalue weighted by Gasteiger charge is -2.38. The van der Waals surface area contributed by atoms with Crippen LogP contribution >= 0.6 is 0 Å². The van der Waals surface area contributed by atoms with Crippen molar-refractivity contribution >= 4 is 11.8 Å². The van der Waals surface area contributed by atoms with Gasteiger partial charge in [-0.15, -0.1) is 0 Å². The van der Waals surface area contributed by atoms with Crippen LogP contribution in [0.4, 0.5) is 0 Å². The van der Waals surface area contributed by atoms with Crippen LogP contribution in [0.1, 0.15) is 52.9 Å². The number of rotatable bonds is 5.